The van der Waals surface area contributed by atoms with E-state index < -0.39 is 17.5 Å². The molecular formula is C9H11NO3. The van der Waals surface area contributed by atoms with E-state index in [0.717, 1.165) is 0 Å². The van der Waals surface area contributed by atoms with E-state index >= 15 is 0 Å². The molecule has 0 radical (unpaired) electrons. The predicted octanol–water partition coefficient (Wildman–Crippen LogP) is 0.989. The molecule has 0 aliphatic rings. The molecular weight excluding hydrogens is 170 g/mol. The van der Waals surface area contributed by atoms with E-state index in [2.05, 4.69) is 6.58 Å². The first-order chi connectivity index (χ1) is 6.07. The second kappa shape index (κ2) is 3.37. The van der Waals surface area contributed by atoms with Gasteiger partial charge in [0.25, 0.3) is 0 Å². The van der Waals surface area contributed by atoms with Crippen LogP contribution in [-0.4, -0.2) is 15.3 Å². The van der Waals surface area contributed by atoms with E-state index in [1.165, 1.54) is 18.2 Å². The Kier molecular flexibility index (Phi) is 2.44. The third-order valence-electron chi connectivity index (χ3n) is 1.77. The monoisotopic (exact) mass is 181 g/mol. The highest BCUT2D eigenvalue weighted by Crippen LogP contribution is 2.39. The molecule has 0 amide bonds. The first kappa shape index (κ1) is 9.41. The van der Waals surface area contributed by atoms with Crippen molar-refractivity contribution in [1.82, 2.24) is 0 Å². The van der Waals surface area contributed by atoms with Crippen LogP contribution in [0.25, 0.3) is 0 Å². The highest BCUT2D eigenvalue weighted by molar-refractivity contribution is 5.54. The Hall–Kier alpha value is -1.68. The maximum atomic E-state index is 9.34. The van der Waals surface area contributed by atoms with E-state index in [9.17, 15) is 5.11 Å². The molecule has 0 saturated heterocycles. The Morgan fingerprint density at radius 2 is 1.85 bits per heavy atom. The topological polar surface area (TPSA) is 86.7 Å². The summed E-state index contributed by atoms with van der Waals surface area (Å²) in [6, 6.07) is 2.12. The van der Waals surface area contributed by atoms with Crippen molar-refractivity contribution < 1.29 is 15.3 Å². The number of hydrogen-bond acceptors (Lipinski definition) is 4. The third-order valence-corrected chi connectivity index (χ3v) is 1.77. The molecule has 13 heavy (non-hydrogen) atoms. The zero-order valence-corrected chi connectivity index (χ0v) is 6.94. The average Bonchev–Trinajstić information content (AvgIpc) is 2.13. The molecule has 5 N–H and O–H groups in total. The van der Waals surface area contributed by atoms with E-state index in [-0.39, 0.29) is 5.75 Å². The number of benzene rings is 1. The quantitative estimate of drug-likeness (QED) is 0.404. The zero-order chi connectivity index (χ0) is 10.0. The Morgan fingerprint density at radius 1 is 1.23 bits per heavy atom. The molecule has 0 aromatic heterocycles. The molecule has 1 rings (SSSR count). The van der Waals surface area contributed by atoms with Gasteiger partial charge in [-0.2, -0.15) is 0 Å². The summed E-state index contributed by atoms with van der Waals surface area (Å²) in [5.74, 6) is -1.35. The van der Waals surface area contributed by atoms with Crippen LogP contribution in [0.5, 0.6) is 17.2 Å². The number of nitrogens with two attached hydrogens (primary N) is 1. The minimum atomic E-state index is -0.563. The Bertz CT molecular complexity index is 336. The Morgan fingerprint density at radius 3 is 2.38 bits per heavy atom. The smallest absolute Gasteiger partial charge is 0.200 e. The number of phenolic OH excluding ortho intramolecular Hbond substituents is 3. The molecule has 1 aromatic carbocycles. The molecule has 70 valence electrons. The summed E-state index contributed by atoms with van der Waals surface area (Å²) in [6.07, 6.45) is 1.42. The maximum absolute atomic E-state index is 9.34. The van der Waals surface area contributed by atoms with Crippen LogP contribution in [0.4, 0.5) is 0 Å². The normalized spacial score (nSPS) is 12.4. The maximum Gasteiger partial charge on any atom is 0.200 e. The first-order valence-corrected chi connectivity index (χ1v) is 3.70. The molecule has 0 heterocycles. The van der Waals surface area contributed by atoms with Crippen molar-refractivity contribution in [1.29, 1.82) is 0 Å². The molecule has 4 heteroatoms. The number of phenols is 3. The fourth-order valence-electron chi connectivity index (χ4n) is 0.981. The van der Waals surface area contributed by atoms with E-state index in [1.54, 1.807) is 0 Å². The van der Waals surface area contributed by atoms with Gasteiger partial charge in [0.15, 0.2) is 11.5 Å². The van der Waals surface area contributed by atoms with Gasteiger partial charge < -0.3 is 21.1 Å². The molecule has 0 bridgehead atoms. The van der Waals surface area contributed by atoms with Crippen LogP contribution in [0.15, 0.2) is 24.8 Å². The highest BCUT2D eigenvalue weighted by Gasteiger charge is 2.13. The van der Waals surface area contributed by atoms with Crippen molar-refractivity contribution in [3.63, 3.8) is 0 Å². The van der Waals surface area contributed by atoms with Gasteiger partial charge in [0.1, 0.15) is 0 Å². The Labute approximate surface area is 75.6 Å². The average molecular weight is 181 g/mol. The van der Waals surface area contributed by atoms with Gasteiger partial charge in [-0.05, 0) is 12.1 Å². The second-order valence-corrected chi connectivity index (χ2v) is 2.63. The number of rotatable bonds is 2. The molecule has 1 atom stereocenters. The predicted molar refractivity (Wildman–Crippen MR) is 48.6 cm³/mol. The lowest BCUT2D eigenvalue weighted by Gasteiger charge is -2.10. The Balaban J connectivity index is 3.25. The lowest BCUT2D eigenvalue weighted by atomic mass is 10.1. The lowest BCUT2D eigenvalue weighted by molar-refractivity contribution is 0.364. The van der Waals surface area contributed by atoms with Gasteiger partial charge in [0.2, 0.25) is 5.75 Å². The summed E-state index contributed by atoms with van der Waals surface area (Å²) in [4.78, 5) is 0. The van der Waals surface area contributed by atoms with Crippen molar-refractivity contribution in [3.8, 4) is 17.2 Å². The highest BCUT2D eigenvalue weighted by atomic mass is 16.3. The summed E-state index contributed by atoms with van der Waals surface area (Å²) in [5.41, 5.74) is 5.87. The molecule has 4 nitrogen and oxygen atoms in total. The molecule has 0 aliphatic heterocycles. The number of hydrogen-bond donors (Lipinski definition) is 4. The van der Waals surface area contributed by atoms with Crippen molar-refractivity contribution in [3.05, 3.63) is 30.4 Å². The summed E-state index contributed by atoms with van der Waals surface area (Å²) < 4.78 is 0. The zero-order valence-electron chi connectivity index (χ0n) is 6.94. The fourth-order valence-corrected chi connectivity index (χ4v) is 0.981. The molecule has 0 aliphatic carbocycles. The van der Waals surface area contributed by atoms with Crippen LogP contribution in [-0.2, 0) is 0 Å². The van der Waals surface area contributed by atoms with Gasteiger partial charge in [-0.15, -0.1) is 6.58 Å². The molecule has 1 aromatic rings. The summed E-state index contributed by atoms with van der Waals surface area (Å²) in [5, 5.41) is 27.5. The van der Waals surface area contributed by atoms with Crippen LogP contribution in [0.1, 0.15) is 11.6 Å². The van der Waals surface area contributed by atoms with Crippen LogP contribution < -0.4 is 5.73 Å². The van der Waals surface area contributed by atoms with Gasteiger partial charge in [-0.1, -0.05) is 6.08 Å². The molecule has 0 saturated carbocycles. The molecule has 0 unspecified atom stereocenters. The van der Waals surface area contributed by atoms with E-state index in [4.69, 9.17) is 15.9 Å². The van der Waals surface area contributed by atoms with Crippen LogP contribution in [0.2, 0.25) is 0 Å². The summed E-state index contributed by atoms with van der Waals surface area (Å²) in [7, 11) is 0. The molecule has 0 spiro atoms. The minimum Gasteiger partial charge on any atom is -0.504 e. The van der Waals surface area contributed by atoms with Gasteiger partial charge >= 0.3 is 0 Å². The van der Waals surface area contributed by atoms with Crippen molar-refractivity contribution in [2.45, 2.75) is 6.04 Å². The first-order valence-electron chi connectivity index (χ1n) is 3.70. The van der Waals surface area contributed by atoms with Gasteiger partial charge in [0.05, 0.1) is 6.04 Å². The van der Waals surface area contributed by atoms with E-state index in [1.807, 2.05) is 0 Å². The lowest BCUT2D eigenvalue weighted by Crippen LogP contribution is -2.06. The van der Waals surface area contributed by atoms with Crippen molar-refractivity contribution in [2.75, 3.05) is 0 Å². The largest absolute Gasteiger partial charge is 0.504 e. The van der Waals surface area contributed by atoms with Crippen molar-refractivity contribution in [2.24, 2.45) is 5.73 Å². The molecule has 0 fully saturated rings. The second-order valence-electron chi connectivity index (χ2n) is 2.63. The van der Waals surface area contributed by atoms with Crippen LogP contribution >= 0.6 is 0 Å². The SMILES string of the molecule is C=C[C@H](N)c1ccc(O)c(O)c1O. The standard InChI is InChI=1S/C9H11NO3/c1-2-6(10)5-3-4-7(11)9(13)8(5)12/h2-4,6,11-13H,1,10H2/t6-/m0/s1. The van der Waals surface area contributed by atoms with Gasteiger partial charge in [0, 0.05) is 5.56 Å². The van der Waals surface area contributed by atoms with Crippen LogP contribution in [0, 0.1) is 0 Å². The van der Waals surface area contributed by atoms with Gasteiger partial charge in [-0.3, -0.25) is 0 Å². The minimum absolute atomic E-state index is 0.324. The van der Waals surface area contributed by atoms with Crippen molar-refractivity contribution >= 4 is 0 Å². The number of aromatic hydroxyl groups is 3. The van der Waals surface area contributed by atoms with Crippen LogP contribution in [0.3, 0.4) is 0 Å². The third kappa shape index (κ3) is 1.57. The fraction of sp³-hybridized carbons (Fsp3) is 0.111. The summed E-state index contributed by atoms with van der Waals surface area (Å²) in [6.45, 7) is 3.45. The van der Waals surface area contributed by atoms with E-state index in [0.29, 0.717) is 5.56 Å². The van der Waals surface area contributed by atoms with Gasteiger partial charge in [-0.25, -0.2) is 0 Å². The summed E-state index contributed by atoms with van der Waals surface area (Å²) >= 11 is 0.